The van der Waals surface area contributed by atoms with Gasteiger partial charge in [-0.2, -0.15) is 10.4 Å². The van der Waals surface area contributed by atoms with Crippen LogP contribution in [0.25, 0.3) is 0 Å². The van der Waals surface area contributed by atoms with E-state index in [0.717, 1.165) is 30.6 Å². The zero-order valence-corrected chi connectivity index (χ0v) is 14.7. The second-order valence-corrected chi connectivity index (χ2v) is 6.27. The lowest BCUT2D eigenvalue weighted by Crippen LogP contribution is -2.30. The van der Waals surface area contributed by atoms with E-state index in [2.05, 4.69) is 16.2 Å². The molecule has 0 aliphatic heterocycles. The summed E-state index contributed by atoms with van der Waals surface area (Å²) < 4.78 is 7.49. The number of ether oxygens (including phenoxy) is 1. The lowest BCUT2D eigenvalue weighted by Gasteiger charge is -2.27. The zero-order valence-electron chi connectivity index (χ0n) is 14.7. The summed E-state index contributed by atoms with van der Waals surface area (Å²) in [5.41, 5.74) is 0.392. The minimum atomic E-state index is -0.623. The number of unbranched alkanes of at least 4 members (excludes halogenated alkanes) is 1. The van der Waals surface area contributed by atoms with Crippen molar-refractivity contribution in [1.29, 1.82) is 5.26 Å². The van der Waals surface area contributed by atoms with Crippen molar-refractivity contribution >= 4 is 0 Å². The fraction of sp³-hybridized carbons (Fsp3) is 0.286. The lowest BCUT2D eigenvalue weighted by molar-refractivity contribution is 0.294. The molecule has 0 aliphatic rings. The molecule has 0 amide bonds. The molecule has 0 saturated carbocycles. The van der Waals surface area contributed by atoms with Crippen molar-refractivity contribution in [2.24, 2.45) is 0 Å². The molecule has 1 unspecified atom stereocenters. The average molecular weight is 346 g/mol. The SMILES string of the molecule is N#CC(CCCCOc1ccccc1)(Cn1cncn1)c1ccccc1. The highest BCUT2D eigenvalue weighted by atomic mass is 16.5. The van der Waals surface area contributed by atoms with Crippen molar-refractivity contribution in [3.05, 3.63) is 78.9 Å². The average Bonchev–Trinajstić information content (AvgIpc) is 3.21. The number of aromatic nitrogens is 3. The summed E-state index contributed by atoms with van der Waals surface area (Å²) in [4.78, 5) is 4.00. The van der Waals surface area contributed by atoms with Gasteiger partial charge in [0.2, 0.25) is 0 Å². The second-order valence-electron chi connectivity index (χ2n) is 6.27. The molecule has 5 nitrogen and oxygen atoms in total. The Morgan fingerprint density at radius 3 is 2.38 bits per heavy atom. The first kappa shape index (κ1) is 17.7. The quantitative estimate of drug-likeness (QED) is 0.550. The van der Waals surface area contributed by atoms with Gasteiger partial charge in [-0.1, -0.05) is 48.5 Å². The summed E-state index contributed by atoms with van der Waals surface area (Å²) in [7, 11) is 0. The van der Waals surface area contributed by atoms with E-state index in [1.807, 2.05) is 60.7 Å². The minimum Gasteiger partial charge on any atom is -0.494 e. The summed E-state index contributed by atoms with van der Waals surface area (Å²) in [6.07, 6.45) is 5.69. The van der Waals surface area contributed by atoms with Gasteiger partial charge in [-0.05, 0) is 37.0 Å². The third-order valence-corrected chi connectivity index (χ3v) is 4.45. The molecular weight excluding hydrogens is 324 g/mol. The van der Waals surface area contributed by atoms with Crippen LogP contribution in [0.15, 0.2) is 73.3 Å². The van der Waals surface area contributed by atoms with Gasteiger partial charge in [-0.3, -0.25) is 4.68 Å². The normalized spacial score (nSPS) is 12.9. The van der Waals surface area contributed by atoms with Gasteiger partial charge in [0.25, 0.3) is 0 Å². The Kier molecular flexibility index (Phi) is 6.00. The van der Waals surface area contributed by atoms with Crippen LogP contribution < -0.4 is 4.74 Å². The highest BCUT2D eigenvalue weighted by Gasteiger charge is 2.32. The zero-order chi connectivity index (χ0) is 18.1. The van der Waals surface area contributed by atoms with Crippen LogP contribution in [0.5, 0.6) is 5.75 Å². The van der Waals surface area contributed by atoms with Crippen molar-refractivity contribution in [1.82, 2.24) is 14.8 Å². The van der Waals surface area contributed by atoms with Crippen LogP contribution in [-0.4, -0.2) is 21.4 Å². The molecule has 26 heavy (non-hydrogen) atoms. The van der Waals surface area contributed by atoms with E-state index < -0.39 is 5.41 Å². The second kappa shape index (κ2) is 8.82. The highest BCUT2D eigenvalue weighted by Crippen LogP contribution is 2.31. The van der Waals surface area contributed by atoms with Crippen molar-refractivity contribution in [3.8, 4) is 11.8 Å². The third-order valence-electron chi connectivity index (χ3n) is 4.45. The van der Waals surface area contributed by atoms with E-state index in [4.69, 9.17) is 4.74 Å². The molecule has 0 N–H and O–H groups in total. The molecule has 0 fully saturated rings. The first-order valence-electron chi connectivity index (χ1n) is 8.79. The van der Waals surface area contributed by atoms with Crippen LogP contribution in [0.3, 0.4) is 0 Å². The number of para-hydroxylation sites is 1. The Labute approximate surface area is 153 Å². The first-order chi connectivity index (χ1) is 12.8. The van der Waals surface area contributed by atoms with Gasteiger partial charge in [0.1, 0.15) is 23.8 Å². The summed E-state index contributed by atoms with van der Waals surface area (Å²) >= 11 is 0. The summed E-state index contributed by atoms with van der Waals surface area (Å²) in [6.45, 7) is 1.14. The van der Waals surface area contributed by atoms with E-state index in [0.29, 0.717) is 13.2 Å². The molecule has 3 rings (SSSR count). The Hall–Kier alpha value is -3.13. The number of benzene rings is 2. The molecule has 0 radical (unpaired) electrons. The predicted molar refractivity (Wildman–Crippen MR) is 99.5 cm³/mol. The van der Waals surface area contributed by atoms with Gasteiger partial charge < -0.3 is 4.74 Å². The molecule has 5 heteroatoms. The summed E-state index contributed by atoms with van der Waals surface area (Å²) in [5, 5.41) is 14.2. The molecule has 0 aliphatic carbocycles. The van der Waals surface area contributed by atoms with Gasteiger partial charge in [-0.25, -0.2) is 4.98 Å². The minimum absolute atomic E-state index is 0.493. The summed E-state index contributed by atoms with van der Waals surface area (Å²) in [5.74, 6) is 0.879. The van der Waals surface area contributed by atoms with Gasteiger partial charge in [0, 0.05) is 0 Å². The van der Waals surface area contributed by atoms with E-state index in [-0.39, 0.29) is 0 Å². The van der Waals surface area contributed by atoms with E-state index in [9.17, 15) is 5.26 Å². The van der Waals surface area contributed by atoms with Crippen LogP contribution in [-0.2, 0) is 12.0 Å². The Morgan fingerprint density at radius 2 is 1.73 bits per heavy atom. The van der Waals surface area contributed by atoms with Crippen molar-refractivity contribution in [3.63, 3.8) is 0 Å². The molecule has 1 atom stereocenters. The predicted octanol–water partition coefficient (Wildman–Crippen LogP) is 3.99. The lowest BCUT2D eigenvalue weighted by atomic mass is 9.77. The Bertz CT molecular complexity index is 812. The topological polar surface area (TPSA) is 63.7 Å². The summed E-state index contributed by atoms with van der Waals surface area (Å²) in [6, 6.07) is 22.3. The maximum absolute atomic E-state index is 10.0. The maximum Gasteiger partial charge on any atom is 0.137 e. The van der Waals surface area contributed by atoms with E-state index >= 15 is 0 Å². The molecule has 2 aromatic carbocycles. The maximum atomic E-state index is 10.0. The van der Waals surface area contributed by atoms with Gasteiger partial charge in [-0.15, -0.1) is 0 Å². The monoisotopic (exact) mass is 346 g/mol. The van der Waals surface area contributed by atoms with Crippen LogP contribution >= 0.6 is 0 Å². The number of rotatable bonds is 9. The standard InChI is InChI=1S/C21H22N4O/c22-15-21(16-25-18-23-17-24-25,19-9-3-1-4-10-19)13-7-8-14-26-20-11-5-2-6-12-20/h1-6,9-12,17-18H,7-8,13-14,16H2. The Balaban J connectivity index is 1.63. The fourth-order valence-corrected chi connectivity index (χ4v) is 3.05. The number of hydrogen-bond acceptors (Lipinski definition) is 4. The number of hydrogen-bond donors (Lipinski definition) is 0. The van der Waals surface area contributed by atoms with Crippen molar-refractivity contribution < 1.29 is 4.74 Å². The number of nitriles is 1. The molecule has 132 valence electrons. The van der Waals surface area contributed by atoms with E-state index in [1.54, 1.807) is 11.0 Å². The van der Waals surface area contributed by atoms with E-state index in [1.165, 1.54) is 6.33 Å². The third kappa shape index (κ3) is 4.48. The first-order valence-corrected chi connectivity index (χ1v) is 8.79. The van der Waals surface area contributed by atoms with Crippen molar-refractivity contribution in [2.75, 3.05) is 6.61 Å². The van der Waals surface area contributed by atoms with Crippen LogP contribution in [0.2, 0.25) is 0 Å². The van der Waals surface area contributed by atoms with Gasteiger partial charge in [0.05, 0.1) is 19.2 Å². The van der Waals surface area contributed by atoms with Gasteiger partial charge >= 0.3 is 0 Å². The fourth-order valence-electron chi connectivity index (χ4n) is 3.05. The van der Waals surface area contributed by atoms with Gasteiger partial charge in [0.15, 0.2) is 0 Å². The molecule has 0 bridgehead atoms. The van der Waals surface area contributed by atoms with Crippen LogP contribution in [0.1, 0.15) is 24.8 Å². The van der Waals surface area contributed by atoms with Crippen molar-refractivity contribution in [2.45, 2.75) is 31.2 Å². The largest absolute Gasteiger partial charge is 0.494 e. The molecule has 0 spiro atoms. The Morgan fingerprint density at radius 1 is 1.00 bits per heavy atom. The molecule has 1 aromatic heterocycles. The molecule has 0 saturated heterocycles. The molecule has 3 aromatic rings. The smallest absolute Gasteiger partial charge is 0.137 e. The molecule has 1 heterocycles. The van der Waals surface area contributed by atoms with Crippen LogP contribution in [0, 0.1) is 11.3 Å². The number of nitrogens with zero attached hydrogens (tertiary/aromatic N) is 4. The molecular formula is C21H22N4O. The highest BCUT2D eigenvalue weighted by molar-refractivity contribution is 5.32. The van der Waals surface area contributed by atoms with Crippen LogP contribution in [0.4, 0.5) is 0 Å².